The van der Waals surface area contributed by atoms with E-state index in [9.17, 15) is 22.8 Å². The van der Waals surface area contributed by atoms with E-state index in [0.717, 1.165) is 0 Å². The number of fused-ring (bicyclic) bond motifs is 1. The van der Waals surface area contributed by atoms with Crippen LogP contribution in [-0.4, -0.2) is 46.3 Å². The zero-order chi connectivity index (χ0) is 25.4. The van der Waals surface area contributed by atoms with Crippen molar-refractivity contribution in [2.75, 3.05) is 5.32 Å². The van der Waals surface area contributed by atoms with E-state index in [-0.39, 0.29) is 10.6 Å². The number of hydrogen-bond donors (Lipinski definition) is 3. The lowest BCUT2D eigenvalue weighted by atomic mass is 10.2. The number of aromatic nitrogens is 1. The van der Waals surface area contributed by atoms with E-state index in [1.165, 1.54) is 31.2 Å². The molecule has 0 spiro atoms. The lowest BCUT2D eigenvalue weighted by Gasteiger charge is -2.25. The molecule has 3 amide bonds. The highest BCUT2D eigenvalue weighted by molar-refractivity contribution is 7.89. The van der Waals surface area contributed by atoms with Crippen molar-refractivity contribution in [3.63, 3.8) is 0 Å². The van der Waals surface area contributed by atoms with Crippen LogP contribution in [0.2, 0.25) is 10.0 Å². The van der Waals surface area contributed by atoms with Crippen molar-refractivity contribution in [2.45, 2.75) is 24.3 Å². The molecule has 2 aromatic carbocycles. The zero-order valence-corrected chi connectivity index (χ0v) is 20.3. The van der Waals surface area contributed by atoms with Crippen molar-refractivity contribution in [3.8, 4) is 0 Å². The smallest absolute Gasteiger partial charge is 0.328 e. The highest BCUT2D eigenvalue weighted by Crippen LogP contribution is 2.32. The fraction of sp³-hybridized carbons (Fsp3) is 0.190. The van der Waals surface area contributed by atoms with Gasteiger partial charge in [-0.1, -0.05) is 23.2 Å². The molecule has 0 saturated carbocycles. The largest absolute Gasteiger partial charge is 0.481 e. The van der Waals surface area contributed by atoms with Gasteiger partial charge in [-0.2, -0.15) is 0 Å². The number of sulfonamides is 1. The molecule has 1 aromatic heterocycles. The number of anilines is 1. The number of aryl methyl sites for hydroxylation is 1. The first-order chi connectivity index (χ1) is 15.8. The third kappa shape index (κ3) is 4.81. The Hall–Kier alpha value is -3.28. The number of amides is 3. The number of halogens is 2. The lowest BCUT2D eigenvalue weighted by Crippen LogP contribution is -2.46. The molecule has 0 bridgehead atoms. The van der Waals surface area contributed by atoms with E-state index in [4.69, 9.17) is 34.0 Å². The Labute approximate surface area is 204 Å². The Morgan fingerprint density at radius 3 is 2.32 bits per heavy atom. The van der Waals surface area contributed by atoms with Crippen LogP contribution in [0.3, 0.4) is 0 Å². The molecule has 0 aliphatic carbocycles. The Kier molecular flexibility index (Phi) is 7.10. The van der Waals surface area contributed by atoms with Gasteiger partial charge in [-0.05, 0) is 49.4 Å². The number of nitrogens with two attached hydrogens (primary N) is 1. The van der Waals surface area contributed by atoms with Gasteiger partial charge in [0.05, 0.1) is 27.4 Å². The third-order valence-corrected chi connectivity index (χ3v) is 7.85. The number of primary amides is 1. The molecule has 0 aliphatic rings. The number of urea groups is 1. The molecule has 1 atom stereocenters. The molecular weight excluding hydrogens is 507 g/mol. The van der Waals surface area contributed by atoms with Crippen LogP contribution in [0.5, 0.6) is 0 Å². The average Bonchev–Trinajstić information content (AvgIpc) is 3.07. The molecule has 0 aliphatic heterocycles. The molecule has 13 heteroatoms. The molecule has 3 rings (SSSR count). The first-order valence-corrected chi connectivity index (χ1v) is 11.9. The van der Waals surface area contributed by atoms with Gasteiger partial charge in [-0.15, -0.1) is 0 Å². The molecule has 1 unspecified atom stereocenters. The maximum atomic E-state index is 12.9. The number of carbonyl (C=O) groups is 3. The van der Waals surface area contributed by atoms with E-state index >= 15 is 0 Å². The van der Waals surface area contributed by atoms with Crippen LogP contribution in [0.1, 0.15) is 23.8 Å². The maximum Gasteiger partial charge on any atom is 0.328 e. The number of carbonyl (C=O) groups excluding carboxylic acids is 2. The van der Waals surface area contributed by atoms with Gasteiger partial charge < -0.3 is 20.7 Å². The molecule has 0 radical (unpaired) electrons. The fourth-order valence-corrected chi connectivity index (χ4v) is 5.37. The number of benzene rings is 2. The molecule has 1 heterocycles. The van der Waals surface area contributed by atoms with Crippen LogP contribution in [-0.2, 0) is 21.9 Å². The van der Waals surface area contributed by atoms with Gasteiger partial charge in [0.2, 0.25) is 0 Å². The number of rotatable bonds is 7. The second-order valence-electron chi connectivity index (χ2n) is 7.45. The van der Waals surface area contributed by atoms with E-state index in [0.29, 0.717) is 30.9 Å². The Morgan fingerprint density at radius 1 is 1.15 bits per heavy atom. The minimum Gasteiger partial charge on any atom is -0.481 e. The molecule has 180 valence electrons. The van der Waals surface area contributed by atoms with Gasteiger partial charge in [0.25, 0.3) is 15.9 Å². The molecule has 0 saturated heterocycles. The number of aliphatic carboxylic acids is 1. The Morgan fingerprint density at radius 2 is 1.76 bits per heavy atom. The molecular formula is C21H20Cl2N4O6S. The molecule has 10 nitrogen and oxygen atoms in total. The number of nitrogens with zero attached hydrogens (tertiary/aromatic N) is 2. The summed E-state index contributed by atoms with van der Waals surface area (Å²) in [6.07, 6.45) is -0.615. The highest BCUT2D eigenvalue weighted by atomic mass is 35.5. The SMILES string of the molecule is CC(CC(=O)O)N(C(N)=O)S(=O)(=O)c1ccc(NC(=O)c2cc3c(Cl)c(Cl)ccc3n2C)cc1. The Bertz CT molecular complexity index is 1400. The molecule has 0 fully saturated rings. The van der Waals surface area contributed by atoms with E-state index in [1.807, 2.05) is 0 Å². The van der Waals surface area contributed by atoms with E-state index in [2.05, 4.69) is 5.32 Å². The van der Waals surface area contributed by atoms with E-state index in [1.54, 1.807) is 29.8 Å². The second-order valence-corrected chi connectivity index (χ2v) is 10.0. The maximum absolute atomic E-state index is 12.9. The van der Waals surface area contributed by atoms with Crippen molar-refractivity contribution < 1.29 is 27.9 Å². The van der Waals surface area contributed by atoms with Gasteiger partial charge in [0.15, 0.2) is 0 Å². The van der Waals surface area contributed by atoms with Crippen LogP contribution in [0.4, 0.5) is 10.5 Å². The predicted octanol–water partition coefficient (Wildman–Crippen LogP) is 3.67. The topological polar surface area (TPSA) is 152 Å². The summed E-state index contributed by atoms with van der Waals surface area (Å²) in [7, 11) is -2.74. The van der Waals surface area contributed by atoms with Gasteiger partial charge in [0, 0.05) is 23.6 Å². The number of hydrogen-bond acceptors (Lipinski definition) is 5. The second kappa shape index (κ2) is 9.53. The summed E-state index contributed by atoms with van der Waals surface area (Å²) in [6, 6.07) is 7.45. The summed E-state index contributed by atoms with van der Waals surface area (Å²) in [5.41, 5.74) is 6.47. The minimum atomic E-state index is -4.42. The van der Waals surface area contributed by atoms with Crippen LogP contribution in [0.15, 0.2) is 47.4 Å². The summed E-state index contributed by atoms with van der Waals surface area (Å²) in [6.45, 7) is 1.26. The zero-order valence-electron chi connectivity index (χ0n) is 18.0. The van der Waals surface area contributed by atoms with E-state index < -0.39 is 40.4 Å². The van der Waals surface area contributed by atoms with Gasteiger partial charge in [-0.25, -0.2) is 17.5 Å². The van der Waals surface area contributed by atoms with Crippen LogP contribution in [0, 0.1) is 0 Å². The van der Waals surface area contributed by atoms with Gasteiger partial charge in [0.1, 0.15) is 5.69 Å². The van der Waals surface area contributed by atoms with Crippen molar-refractivity contribution in [1.82, 2.24) is 8.87 Å². The monoisotopic (exact) mass is 526 g/mol. The van der Waals surface area contributed by atoms with Crippen molar-refractivity contribution in [1.29, 1.82) is 0 Å². The Balaban J connectivity index is 1.86. The number of carboxylic acid groups (broad SMARTS) is 1. The number of carboxylic acids is 1. The summed E-state index contributed by atoms with van der Waals surface area (Å²) < 4.78 is 27.7. The quantitative estimate of drug-likeness (QED) is 0.427. The normalized spacial score (nSPS) is 12.4. The summed E-state index contributed by atoms with van der Waals surface area (Å²) in [5, 5.41) is 12.9. The van der Waals surface area contributed by atoms with Crippen LogP contribution in [0.25, 0.3) is 10.9 Å². The van der Waals surface area contributed by atoms with Crippen molar-refractivity contribution in [3.05, 3.63) is 58.2 Å². The lowest BCUT2D eigenvalue weighted by molar-refractivity contribution is -0.137. The van der Waals surface area contributed by atoms with Gasteiger partial charge in [-0.3, -0.25) is 9.59 Å². The number of nitrogens with one attached hydrogen (secondary N) is 1. The van der Waals surface area contributed by atoms with Crippen molar-refractivity contribution in [2.24, 2.45) is 12.8 Å². The fourth-order valence-electron chi connectivity index (χ4n) is 3.49. The average molecular weight is 527 g/mol. The molecule has 3 aromatic rings. The van der Waals surface area contributed by atoms with Gasteiger partial charge >= 0.3 is 12.0 Å². The first kappa shape index (κ1) is 25.3. The minimum absolute atomic E-state index is 0.280. The molecule has 34 heavy (non-hydrogen) atoms. The highest BCUT2D eigenvalue weighted by Gasteiger charge is 2.33. The van der Waals surface area contributed by atoms with Crippen molar-refractivity contribution >= 4 is 67.7 Å². The standard InChI is InChI=1S/C21H20Cl2N4O6S/c1-11(9-18(28)29)27(21(24)31)34(32,33)13-5-3-12(4-6-13)25-20(30)17-10-14-16(26(17)2)8-7-15(22)19(14)23/h3-8,10-11H,9H2,1-2H3,(H2,24,31)(H,25,30)(H,28,29). The molecule has 4 N–H and O–H groups in total. The first-order valence-electron chi connectivity index (χ1n) is 9.75. The summed E-state index contributed by atoms with van der Waals surface area (Å²) in [4.78, 5) is 35.2. The van der Waals surface area contributed by atoms with Crippen LogP contribution < -0.4 is 11.1 Å². The summed E-state index contributed by atoms with van der Waals surface area (Å²) in [5.74, 6) is -1.76. The predicted molar refractivity (Wildman–Crippen MR) is 128 cm³/mol. The summed E-state index contributed by atoms with van der Waals surface area (Å²) >= 11 is 12.3. The third-order valence-electron chi connectivity index (χ3n) is 5.10. The van der Waals surface area contributed by atoms with Crippen LogP contribution >= 0.6 is 23.2 Å².